The van der Waals surface area contributed by atoms with Gasteiger partial charge in [0.15, 0.2) is 11.5 Å². The van der Waals surface area contributed by atoms with Gasteiger partial charge in [-0.2, -0.15) is 0 Å². The third-order valence-electron chi connectivity index (χ3n) is 7.34. The minimum Gasteiger partial charge on any atom is -0.490 e. The van der Waals surface area contributed by atoms with E-state index in [0.29, 0.717) is 19.3 Å². The van der Waals surface area contributed by atoms with Crippen LogP contribution in [0.4, 0.5) is 0 Å². The molecule has 3 nitrogen and oxygen atoms in total. The molecular weight excluding hydrogens is 358 g/mol. The fourth-order valence-corrected chi connectivity index (χ4v) is 6.35. The second-order valence-corrected chi connectivity index (χ2v) is 9.29. The number of para-hydroxylation sites is 1. The summed E-state index contributed by atoms with van der Waals surface area (Å²) < 4.78 is 12.2. The van der Waals surface area contributed by atoms with Gasteiger partial charge >= 0.3 is 0 Å². The quantitative estimate of drug-likeness (QED) is 0.637. The second-order valence-electron chi connectivity index (χ2n) is 9.29. The first-order valence-electron chi connectivity index (χ1n) is 11.4. The van der Waals surface area contributed by atoms with Gasteiger partial charge in [0.2, 0.25) is 0 Å². The van der Waals surface area contributed by atoms with Gasteiger partial charge < -0.3 is 14.8 Å². The number of hydrogen-bond donors (Lipinski definition) is 1. The Kier molecular flexibility index (Phi) is 5.50. The van der Waals surface area contributed by atoms with E-state index in [1.807, 2.05) is 19.1 Å². The molecule has 0 atom stereocenters. The monoisotopic (exact) mass is 391 g/mol. The fourth-order valence-electron chi connectivity index (χ4n) is 6.35. The summed E-state index contributed by atoms with van der Waals surface area (Å²) >= 11 is 0. The molecule has 2 aromatic rings. The summed E-state index contributed by atoms with van der Waals surface area (Å²) in [7, 11) is 0. The number of hydrogen-bond acceptors (Lipinski definition) is 3. The molecule has 154 valence electrons. The van der Waals surface area contributed by atoms with Crippen molar-refractivity contribution in [3.05, 3.63) is 59.7 Å². The van der Waals surface area contributed by atoms with E-state index < -0.39 is 0 Å². The summed E-state index contributed by atoms with van der Waals surface area (Å²) in [5, 5.41) is 3.95. The summed E-state index contributed by atoms with van der Waals surface area (Å²) in [5.74, 6) is 5.55. The lowest BCUT2D eigenvalue weighted by Crippen LogP contribution is -2.54. The molecule has 0 unspecified atom stereocenters. The summed E-state index contributed by atoms with van der Waals surface area (Å²) in [4.78, 5) is 0. The molecule has 2 aromatic carbocycles. The third-order valence-corrected chi connectivity index (χ3v) is 7.34. The Bertz CT molecular complexity index is 791. The fraction of sp³-hybridized carbons (Fsp3) is 0.538. The van der Waals surface area contributed by atoms with E-state index in [9.17, 15) is 0 Å². The van der Waals surface area contributed by atoms with Crippen LogP contribution in [0.1, 0.15) is 50.2 Å². The Morgan fingerprint density at radius 2 is 1.55 bits per heavy atom. The van der Waals surface area contributed by atoms with E-state index in [1.54, 1.807) is 0 Å². The largest absolute Gasteiger partial charge is 0.490 e. The van der Waals surface area contributed by atoms with Crippen molar-refractivity contribution in [2.75, 3.05) is 6.61 Å². The van der Waals surface area contributed by atoms with Crippen LogP contribution in [-0.2, 0) is 13.2 Å². The molecule has 29 heavy (non-hydrogen) atoms. The van der Waals surface area contributed by atoms with Crippen molar-refractivity contribution in [1.29, 1.82) is 0 Å². The Morgan fingerprint density at radius 1 is 0.828 bits per heavy atom. The van der Waals surface area contributed by atoms with Gasteiger partial charge in [-0.3, -0.25) is 0 Å². The number of ether oxygens (including phenoxy) is 2. The zero-order chi connectivity index (χ0) is 19.6. The highest BCUT2D eigenvalue weighted by Crippen LogP contribution is 2.53. The highest BCUT2D eigenvalue weighted by molar-refractivity contribution is 5.47. The molecule has 0 spiro atoms. The van der Waals surface area contributed by atoms with E-state index >= 15 is 0 Å². The summed E-state index contributed by atoms with van der Waals surface area (Å²) in [5.41, 5.74) is 2.39. The van der Waals surface area contributed by atoms with Gasteiger partial charge in [0.05, 0.1) is 6.61 Å². The van der Waals surface area contributed by atoms with Crippen LogP contribution < -0.4 is 14.8 Å². The SMILES string of the molecule is CCOc1cccc(CNC2C3CC4CC(C3)CC2C4)c1OCc1ccccc1. The third kappa shape index (κ3) is 4.02. The molecule has 1 N–H and O–H groups in total. The van der Waals surface area contributed by atoms with Gasteiger partial charge in [0.1, 0.15) is 6.61 Å². The molecule has 4 fully saturated rings. The van der Waals surface area contributed by atoms with Gasteiger partial charge in [-0.15, -0.1) is 0 Å². The molecule has 0 aromatic heterocycles. The minimum absolute atomic E-state index is 0.565. The molecule has 0 heterocycles. The van der Waals surface area contributed by atoms with Gasteiger partial charge in [-0.25, -0.2) is 0 Å². The number of nitrogens with one attached hydrogen (secondary N) is 1. The predicted molar refractivity (Wildman–Crippen MR) is 116 cm³/mol. The molecule has 3 heteroatoms. The summed E-state index contributed by atoms with van der Waals surface area (Å²) in [6.07, 6.45) is 7.29. The molecular formula is C26H33NO2. The molecule has 4 aliphatic rings. The van der Waals surface area contributed by atoms with Crippen molar-refractivity contribution >= 4 is 0 Å². The maximum Gasteiger partial charge on any atom is 0.166 e. The van der Waals surface area contributed by atoms with Crippen LogP contribution in [0.3, 0.4) is 0 Å². The van der Waals surface area contributed by atoms with Gasteiger partial charge in [-0.05, 0) is 74.3 Å². The average Bonchev–Trinajstić information content (AvgIpc) is 2.73. The molecule has 4 saturated carbocycles. The van der Waals surface area contributed by atoms with Crippen LogP contribution in [0, 0.1) is 23.7 Å². The first kappa shape index (κ1) is 19.0. The lowest BCUT2D eigenvalue weighted by atomic mass is 9.54. The normalized spacial score (nSPS) is 29.8. The summed E-state index contributed by atoms with van der Waals surface area (Å²) in [6.45, 7) is 4.10. The standard InChI is InChI=1S/C26H33NO2/c1-2-28-24-10-6-9-21(26(24)29-17-18-7-4-3-5-8-18)16-27-25-22-12-19-11-20(14-22)15-23(25)13-19/h3-10,19-20,22-23,25,27H,2,11-17H2,1H3. The maximum absolute atomic E-state index is 6.30. The highest BCUT2D eigenvalue weighted by Gasteiger charge is 2.47. The molecule has 4 aliphatic carbocycles. The van der Waals surface area contributed by atoms with Gasteiger partial charge in [0, 0.05) is 18.2 Å². The van der Waals surface area contributed by atoms with Crippen molar-refractivity contribution < 1.29 is 9.47 Å². The smallest absolute Gasteiger partial charge is 0.166 e. The Labute approximate surface area is 174 Å². The molecule has 0 saturated heterocycles. The van der Waals surface area contributed by atoms with Crippen LogP contribution in [0.5, 0.6) is 11.5 Å². The molecule has 0 amide bonds. The number of benzene rings is 2. The van der Waals surface area contributed by atoms with E-state index in [-0.39, 0.29) is 0 Å². The lowest BCUT2D eigenvalue weighted by Gasteiger charge is -2.54. The van der Waals surface area contributed by atoms with Crippen molar-refractivity contribution in [2.24, 2.45) is 23.7 Å². The van der Waals surface area contributed by atoms with Crippen molar-refractivity contribution in [2.45, 2.75) is 58.2 Å². The van der Waals surface area contributed by atoms with Crippen molar-refractivity contribution in [3.8, 4) is 11.5 Å². The minimum atomic E-state index is 0.565. The van der Waals surface area contributed by atoms with E-state index in [2.05, 4.69) is 41.7 Å². The Hall–Kier alpha value is -2.00. The zero-order valence-electron chi connectivity index (χ0n) is 17.5. The topological polar surface area (TPSA) is 30.5 Å². The molecule has 6 rings (SSSR count). The Balaban J connectivity index is 1.30. The second kappa shape index (κ2) is 8.39. The van der Waals surface area contributed by atoms with Crippen LogP contribution in [-0.4, -0.2) is 12.6 Å². The van der Waals surface area contributed by atoms with Gasteiger partial charge in [0.25, 0.3) is 0 Å². The van der Waals surface area contributed by atoms with Gasteiger partial charge in [-0.1, -0.05) is 42.5 Å². The van der Waals surface area contributed by atoms with Crippen LogP contribution in [0.25, 0.3) is 0 Å². The first-order valence-corrected chi connectivity index (χ1v) is 11.4. The van der Waals surface area contributed by atoms with E-state index in [0.717, 1.165) is 41.7 Å². The van der Waals surface area contributed by atoms with E-state index in [4.69, 9.17) is 9.47 Å². The lowest BCUT2D eigenvalue weighted by molar-refractivity contribution is -0.0143. The van der Waals surface area contributed by atoms with Crippen LogP contribution >= 0.6 is 0 Å². The average molecular weight is 392 g/mol. The van der Waals surface area contributed by atoms with Crippen LogP contribution in [0.2, 0.25) is 0 Å². The molecule has 0 radical (unpaired) electrons. The predicted octanol–water partition coefficient (Wildman–Crippen LogP) is 5.58. The Morgan fingerprint density at radius 3 is 2.24 bits per heavy atom. The van der Waals surface area contributed by atoms with Crippen LogP contribution in [0.15, 0.2) is 48.5 Å². The number of rotatable bonds is 8. The molecule has 0 aliphatic heterocycles. The van der Waals surface area contributed by atoms with Crippen molar-refractivity contribution in [3.63, 3.8) is 0 Å². The highest BCUT2D eigenvalue weighted by atomic mass is 16.5. The zero-order valence-corrected chi connectivity index (χ0v) is 17.5. The first-order chi connectivity index (χ1) is 14.3. The van der Waals surface area contributed by atoms with E-state index in [1.165, 1.54) is 43.2 Å². The maximum atomic E-state index is 6.30. The molecule has 4 bridgehead atoms. The summed E-state index contributed by atoms with van der Waals surface area (Å²) in [6, 6.07) is 17.4. The van der Waals surface area contributed by atoms with Crippen molar-refractivity contribution in [1.82, 2.24) is 5.32 Å².